The van der Waals surface area contributed by atoms with Crippen LogP contribution in [0.1, 0.15) is 24.8 Å². The van der Waals surface area contributed by atoms with Crippen LogP contribution >= 0.6 is 11.3 Å². The zero-order chi connectivity index (χ0) is 16.8. The standard InChI is InChI=1S/C17H21N3O3S/c1-12-5-6-14(19-16(21)20-17-18-7-9-24-17)15(10-12)23-11-13-4-2-3-8-22-13/h5-7,9-10,13H,2-4,8,11H2,1H3,(H2,18,19,20,21). The van der Waals surface area contributed by atoms with Crippen molar-refractivity contribution in [1.82, 2.24) is 4.98 Å². The van der Waals surface area contributed by atoms with Crippen LogP contribution in [0.3, 0.4) is 0 Å². The van der Waals surface area contributed by atoms with E-state index in [9.17, 15) is 4.79 Å². The predicted molar refractivity (Wildman–Crippen MR) is 95.0 cm³/mol. The van der Waals surface area contributed by atoms with Crippen molar-refractivity contribution in [2.75, 3.05) is 23.8 Å². The summed E-state index contributed by atoms with van der Waals surface area (Å²) in [5.74, 6) is 0.651. The average molecular weight is 347 g/mol. The number of carbonyl (C=O) groups excluding carboxylic acids is 1. The molecular formula is C17H21N3O3S. The van der Waals surface area contributed by atoms with Crippen molar-refractivity contribution in [3.05, 3.63) is 35.3 Å². The van der Waals surface area contributed by atoms with Crippen LogP contribution in [0.15, 0.2) is 29.8 Å². The fraction of sp³-hybridized carbons (Fsp3) is 0.412. The molecule has 128 valence electrons. The minimum atomic E-state index is -0.340. The van der Waals surface area contributed by atoms with Gasteiger partial charge in [0.2, 0.25) is 0 Å². The van der Waals surface area contributed by atoms with Crippen LogP contribution in [0.4, 0.5) is 15.6 Å². The number of hydrogen-bond donors (Lipinski definition) is 2. The highest BCUT2D eigenvalue weighted by Gasteiger charge is 2.16. The van der Waals surface area contributed by atoms with E-state index in [4.69, 9.17) is 9.47 Å². The van der Waals surface area contributed by atoms with Crippen LogP contribution < -0.4 is 15.4 Å². The van der Waals surface area contributed by atoms with Crippen molar-refractivity contribution >= 4 is 28.2 Å². The van der Waals surface area contributed by atoms with Crippen molar-refractivity contribution in [3.8, 4) is 5.75 Å². The fourth-order valence-corrected chi connectivity index (χ4v) is 3.03. The molecule has 3 rings (SSSR count). The van der Waals surface area contributed by atoms with Crippen LogP contribution in [0.25, 0.3) is 0 Å². The second-order valence-corrected chi connectivity index (χ2v) is 6.61. The first kappa shape index (κ1) is 16.7. The van der Waals surface area contributed by atoms with Gasteiger partial charge in [0.25, 0.3) is 0 Å². The first-order chi connectivity index (χ1) is 11.7. The SMILES string of the molecule is Cc1ccc(NC(=O)Nc2nccs2)c(OCC2CCCCO2)c1. The summed E-state index contributed by atoms with van der Waals surface area (Å²) in [6.45, 7) is 3.28. The molecule has 6 nitrogen and oxygen atoms in total. The Hall–Kier alpha value is -2.12. The number of urea groups is 1. The number of carbonyl (C=O) groups is 1. The van der Waals surface area contributed by atoms with Crippen molar-refractivity contribution in [3.63, 3.8) is 0 Å². The average Bonchev–Trinajstić information content (AvgIpc) is 3.09. The first-order valence-electron chi connectivity index (χ1n) is 8.03. The molecule has 0 saturated carbocycles. The van der Waals surface area contributed by atoms with Gasteiger partial charge in [0, 0.05) is 18.2 Å². The first-order valence-corrected chi connectivity index (χ1v) is 8.91. The van der Waals surface area contributed by atoms with Gasteiger partial charge in [-0.05, 0) is 43.9 Å². The second kappa shape index (κ2) is 8.12. The summed E-state index contributed by atoms with van der Waals surface area (Å²) in [6, 6.07) is 5.35. The normalized spacial score (nSPS) is 17.3. The van der Waals surface area contributed by atoms with Gasteiger partial charge in [-0.25, -0.2) is 9.78 Å². The molecule has 1 saturated heterocycles. The lowest BCUT2D eigenvalue weighted by Gasteiger charge is -2.23. The van der Waals surface area contributed by atoms with E-state index in [1.807, 2.05) is 25.1 Å². The summed E-state index contributed by atoms with van der Waals surface area (Å²) < 4.78 is 11.6. The molecule has 1 aromatic carbocycles. The van der Waals surface area contributed by atoms with Gasteiger partial charge in [0.05, 0.1) is 11.8 Å². The predicted octanol–water partition coefficient (Wildman–Crippen LogP) is 4.04. The third-order valence-corrected chi connectivity index (χ3v) is 4.43. The van der Waals surface area contributed by atoms with E-state index in [1.165, 1.54) is 17.8 Å². The van der Waals surface area contributed by atoms with Crippen LogP contribution in [0.2, 0.25) is 0 Å². The van der Waals surface area contributed by atoms with Crippen LogP contribution in [-0.4, -0.2) is 30.3 Å². The monoisotopic (exact) mass is 347 g/mol. The molecule has 2 aromatic rings. The minimum Gasteiger partial charge on any atom is -0.489 e. The summed E-state index contributed by atoms with van der Waals surface area (Å²) in [5.41, 5.74) is 1.70. The van der Waals surface area contributed by atoms with Crippen molar-refractivity contribution in [1.29, 1.82) is 0 Å². The van der Waals surface area contributed by atoms with Gasteiger partial charge < -0.3 is 14.8 Å². The van der Waals surface area contributed by atoms with Gasteiger partial charge in [-0.2, -0.15) is 0 Å². The topological polar surface area (TPSA) is 72.5 Å². The number of aromatic nitrogens is 1. The Morgan fingerprint density at radius 2 is 2.33 bits per heavy atom. The fourth-order valence-electron chi connectivity index (χ4n) is 2.51. The van der Waals surface area contributed by atoms with Crippen LogP contribution in [-0.2, 0) is 4.74 Å². The summed E-state index contributed by atoms with van der Waals surface area (Å²) >= 11 is 1.37. The number of hydrogen-bond acceptors (Lipinski definition) is 5. The third-order valence-electron chi connectivity index (χ3n) is 3.74. The number of rotatable bonds is 5. The van der Waals surface area contributed by atoms with E-state index in [1.54, 1.807) is 11.6 Å². The number of nitrogens with zero attached hydrogens (tertiary/aromatic N) is 1. The molecule has 1 aliphatic heterocycles. The molecule has 24 heavy (non-hydrogen) atoms. The molecule has 0 bridgehead atoms. The smallest absolute Gasteiger partial charge is 0.325 e. The number of ether oxygens (including phenoxy) is 2. The highest BCUT2D eigenvalue weighted by atomic mass is 32.1. The number of amides is 2. The number of benzene rings is 1. The van der Waals surface area contributed by atoms with Gasteiger partial charge in [-0.1, -0.05) is 6.07 Å². The van der Waals surface area contributed by atoms with Crippen molar-refractivity contribution < 1.29 is 14.3 Å². The molecular weight excluding hydrogens is 326 g/mol. The van der Waals surface area contributed by atoms with E-state index in [0.717, 1.165) is 25.0 Å². The van der Waals surface area contributed by atoms with Crippen molar-refractivity contribution in [2.24, 2.45) is 0 Å². The van der Waals surface area contributed by atoms with E-state index in [2.05, 4.69) is 15.6 Å². The molecule has 1 aliphatic rings. The van der Waals surface area contributed by atoms with E-state index < -0.39 is 0 Å². The van der Waals surface area contributed by atoms with E-state index in [-0.39, 0.29) is 12.1 Å². The second-order valence-electron chi connectivity index (χ2n) is 5.72. The number of thiazole rings is 1. The Kier molecular flexibility index (Phi) is 5.66. The summed E-state index contributed by atoms with van der Waals surface area (Å²) in [5, 5.41) is 7.87. The summed E-state index contributed by atoms with van der Waals surface area (Å²) in [4.78, 5) is 16.1. The van der Waals surface area contributed by atoms with E-state index in [0.29, 0.717) is 23.2 Å². The molecule has 0 aliphatic carbocycles. The molecule has 2 heterocycles. The minimum absolute atomic E-state index is 0.122. The maximum absolute atomic E-state index is 12.1. The molecule has 2 N–H and O–H groups in total. The Morgan fingerprint density at radius 1 is 1.42 bits per heavy atom. The lowest BCUT2D eigenvalue weighted by molar-refractivity contribution is -0.0109. The Balaban J connectivity index is 1.62. The summed E-state index contributed by atoms with van der Waals surface area (Å²) in [7, 11) is 0. The maximum atomic E-state index is 12.1. The largest absolute Gasteiger partial charge is 0.489 e. The molecule has 0 radical (unpaired) electrons. The highest BCUT2D eigenvalue weighted by molar-refractivity contribution is 7.13. The summed E-state index contributed by atoms with van der Waals surface area (Å²) in [6.07, 6.45) is 5.06. The van der Waals surface area contributed by atoms with Gasteiger partial charge in [-0.15, -0.1) is 11.3 Å². The van der Waals surface area contributed by atoms with Crippen LogP contribution in [0, 0.1) is 6.92 Å². The number of anilines is 2. The van der Waals surface area contributed by atoms with Gasteiger partial charge >= 0.3 is 6.03 Å². The lowest BCUT2D eigenvalue weighted by atomic mass is 10.1. The Bertz CT molecular complexity index is 670. The molecule has 2 amide bonds. The molecule has 1 fully saturated rings. The van der Waals surface area contributed by atoms with Gasteiger partial charge in [-0.3, -0.25) is 5.32 Å². The zero-order valence-electron chi connectivity index (χ0n) is 13.6. The lowest BCUT2D eigenvalue weighted by Crippen LogP contribution is -2.26. The quantitative estimate of drug-likeness (QED) is 0.856. The molecule has 1 aromatic heterocycles. The molecule has 1 unspecified atom stereocenters. The molecule has 1 atom stereocenters. The third kappa shape index (κ3) is 4.69. The zero-order valence-corrected chi connectivity index (χ0v) is 14.4. The highest BCUT2D eigenvalue weighted by Crippen LogP contribution is 2.27. The van der Waals surface area contributed by atoms with E-state index >= 15 is 0 Å². The van der Waals surface area contributed by atoms with Crippen LogP contribution in [0.5, 0.6) is 5.75 Å². The molecule has 7 heteroatoms. The molecule has 0 spiro atoms. The number of aryl methyl sites for hydroxylation is 1. The maximum Gasteiger partial charge on any atom is 0.325 e. The van der Waals surface area contributed by atoms with Crippen molar-refractivity contribution in [2.45, 2.75) is 32.3 Å². The number of nitrogens with one attached hydrogen (secondary N) is 2. The van der Waals surface area contributed by atoms with Gasteiger partial charge in [0.15, 0.2) is 5.13 Å². The Morgan fingerprint density at radius 3 is 3.08 bits per heavy atom. The Labute approximate surface area is 145 Å². The van der Waals surface area contributed by atoms with Gasteiger partial charge in [0.1, 0.15) is 12.4 Å².